The quantitative estimate of drug-likeness (QED) is 0.274. The molecule has 1 N–H and O–H groups in total. The Morgan fingerprint density at radius 3 is 2.20 bits per heavy atom. The van der Waals surface area contributed by atoms with E-state index in [2.05, 4.69) is 38.8 Å². The SMILES string of the molecule is Cc1ccc(S(=O)(=O)NCCCC(C#C[I+]c2ccccc2)c2ccccc2)cc1. The zero-order chi connectivity index (χ0) is 21.2. The van der Waals surface area contributed by atoms with Crippen LogP contribution < -0.4 is 25.9 Å². The molecule has 0 saturated heterocycles. The molecule has 0 heterocycles. The highest BCUT2D eigenvalue weighted by Crippen LogP contribution is 2.20. The lowest BCUT2D eigenvalue weighted by Gasteiger charge is -2.11. The summed E-state index contributed by atoms with van der Waals surface area (Å²) in [6.07, 6.45) is 1.54. The van der Waals surface area contributed by atoms with Crippen LogP contribution in [0.2, 0.25) is 0 Å². The number of benzene rings is 3. The molecule has 3 aromatic rings. The summed E-state index contributed by atoms with van der Waals surface area (Å²) in [7, 11) is -3.47. The van der Waals surface area contributed by atoms with E-state index in [-0.39, 0.29) is 27.1 Å². The Morgan fingerprint density at radius 1 is 0.900 bits per heavy atom. The largest absolute Gasteiger partial charge is 0.419 e. The van der Waals surface area contributed by atoms with Crippen LogP contribution in [0.25, 0.3) is 0 Å². The van der Waals surface area contributed by atoms with E-state index in [1.807, 2.05) is 55.5 Å². The van der Waals surface area contributed by atoms with Crippen molar-refractivity contribution in [2.45, 2.75) is 30.6 Å². The van der Waals surface area contributed by atoms with Crippen molar-refractivity contribution in [3.05, 3.63) is 99.6 Å². The van der Waals surface area contributed by atoms with Crippen LogP contribution >= 0.6 is 0 Å². The maximum atomic E-state index is 12.5. The Balaban J connectivity index is 1.59. The predicted molar refractivity (Wildman–Crippen MR) is 118 cm³/mol. The Labute approximate surface area is 190 Å². The summed E-state index contributed by atoms with van der Waals surface area (Å²) in [6, 6.07) is 27.5. The molecule has 3 aromatic carbocycles. The van der Waals surface area contributed by atoms with Crippen molar-refractivity contribution in [3.63, 3.8) is 0 Å². The third kappa shape index (κ3) is 6.98. The molecule has 5 heteroatoms. The minimum atomic E-state index is -3.47. The van der Waals surface area contributed by atoms with E-state index in [0.717, 1.165) is 18.4 Å². The molecule has 1 unspecified atom stereocenters. The van der Waals surface area contributed by atoms with E-state index in [1.165, 1.54) is 9.13 Å². The molecule has 3 rings (SSSR count). The van der Waals surface area contributed by atoms with Gasteiger partial charge in [-0.3, -0.25) is 0 Å². The average Bonchev–Trinajstić information content (AvgIpc) is 2.77. The first-order valence-corrected chi connectivity index (χ1v) is 13.5. The zero-order valence-corrected chi connectivity index (χ0v) is 19.9. The molecule has 0 saturated carbocycles. The molecule has 1 atom stereocenters. The van der Waals surface area contributed by atoms with Crippen LogP contribution in [-0.4, -0.2) is 15.0 Å². The summed E-state index contributed by atoms with van der Waals surface area (Å²) in [5.74, 6) is 3.55. The van der Waals surface area contributed by atoms with Crippen molar-refractivity contribution < 1.29 is 29.6 Å². The fourth-order valence-corrected chi connectivity index (χ4v) is 5.64. The van der Waals surface area contributed by atoms with Gasteiger partial charge in [0.05, 0.1) is 4.90 Å². The number of rotatable bonds is 8. The van der Waals surface area contributed by atoms with E-state index >= 15 is 0 Å². The Morgan fingerprint density at radius 2 is 1.53 bits per heavy atom. The van der Waals surface area contributed by atoms with Crippen LogP contribution in [-0.2, 0) is 10.0 Å². The lowest BCUT2D eigenvalue weighted by molar-refractivity contribution is -0.535. The first kappa shape index (κ1) is 22.5. The van der Waals surface area contributed by atoms with Gasteiger partial charge in [-0.2, -0.15) is 0 Å². The second-order valence-corrected chi connectivity index (χ2v) is 11.0. The van der Waals surface area contributed by atoms with Gasteiger partial charge in [0.1, 0.15) is 0 Å². The minimum Gasteiger partial charge on any atom is -0.211 e. The highest BCUT2D eigenvalue weighted by Gasteiger charge is 2.15. The van der Waals surface area contributed by atoms with E-state index in [0.29, 0.717) is 11.4 Å². The van der Waals surface area contributed by atoms with E-state index < -0.39 is 10.0 Å². The van der Waals surface area contributed by atoms with Crippen molar-refractivity contribution in [2.75, 3.05) is 6.54 Å². The van der Waals surface area contributed by atoms with Crippen LogP contribution in [0.5, 0.6) is 0 Å². The van der Waals surface area contributed by atoms with Crippen molar-refractivity contribution >= 4 is 10.0 Å². The van der Waals surface area contributed by atoms with Crippen molar-refractivity contribution in [1.82, 2.24) is 4.72 Å². The van der Waals surface area contributed by atoms with Crippen molar-refractivity contribution in [2.24, 2.45) is 0 Å². The molecule has 154 valence electrons. The molecule has 30 heavy (non-hydrogen) atoms. The highest BCUT2D eigenvalue weighted by molar-refractivity contribution is 7.89. The third-order valence-electron chi connectivity index (χ3n) is 4.61. The van der Waals surface area contributed by atoms with Gasteiger partial charge < -0.3 is 0 Å². The third-order valence-corrected chi connectivity index (χ3v) is 8.01. The summed E-state index contributed by atoms with van der Waals surface area (Å²) >= 11 is -0.344. The molecule has 0 aromatic heterocycles. The maximum absolute atomic E-state index is 12.5. The molecule has 0 spiro atoms. The van der Waals surface area contributed by atoms with Gasteiger partial charge in [-0.15, -0.1) is 0 Å². The summed E-state index contributed by atoms with van der Waals surface area (Å²) in [4.78, 5) is 0.306. The molecule has 0 aliphatic rings. The van der Waals surface area contributed by atoms with E-state index in [4.69, 9.17) is 0 Å². The van der Waals surface area contributed by atoms with Crippen LogP contribution in [0.3, 0.4) is 0 Å². The minimum absolute atomic E-state index is 0.110. The Kier molecular flexibility index (Phi) is 8.50. The first-order valence-electron chi connectivity index (χ1n) is 9.85. The second-order valence-electron chi connectivity index (χ2n) is 6.95. The van der Waals surface area contributed by atoms with Gasteiger partial charge in [0.2, 0.25) is 13.6 Å². The molecule has 0 fully saturated rings. The summed E-state index contributed by atoms with van der Waals surface area (Å²) < 4.78 is 32.3. The van der Waals surface area contributed by atoms with Gasteiger partial charge in [0.15, 0.2) is 3.93 Å². The van der Waals surface area contributed by atoms with Gasteiger partial charge in [-0.25, -0.2) is 13.1 Å². The van der Waals surface area contributed by atoms with Gasteiger partial charge in [-0.1, -0.05) is 66.2 Å². The lowest BCUT2D eigenvalue weighted by atomic mass is 9.95. The fourth-order valence-electron chi connectivity index (χ4n) is 2.95. The number of aryl methyl sites for hydroxylation is 1. The number of hydrogen-bond acceptors (Lipinski definition) is 2. The predicted octanol–water partition coefficient (Wildman–Crippen LogP) is 1.76. The highest BCUT2D eigenvalue weighted by atomic mass is 127. The number of nitrogens with one attached hydrogen (secondary N) is 1. The standard InChI is InChI=1S/C25H25INO2S/c1-21-14-16-25(17-15-21)30(28,29)27-20-8-11-23(22-9-4-2-5-10-22)18-19-26-24-12-6-3-7-13-24/h2-7,9-10,12-17,23,27H,8,11,20H2,1H3/q+1. The molecule has 0 aliphatic heterocycles. The molecular formula is C25H25INO2S+. The second kappa shape index (κ2) is 11.3. The maximum Gasteiger partial charge on any atom is 0.419 e. The van der Waals surface area contributed by atoms with E-state index in [9.17, 15) is 8.42 Å². The van der Waals surface area contributed by atoms with Gasteiger partial charge in [0.25, 0.3) is 0 Å². The van der Waals surface area contributed by atoms with Crippen LogP contribution in [0, 0.1) is 20.3 Å². The number of halogens is 1. The van der Waals surface area contributed by atoms with Crippen LogP contribution in [0.4, 0.5) is 0 Å². The molecule has 0 amide bonds. The van der Waals surface area contributed by atoms with Crippen LogP contribution in [0.1, 0.15) is 29.9 Å². The average molecular weight is 530 g/mol. The number of hydrogen-bond donors (Lipinski definition) is 1. The molecule has 3 nitrogen and oxygen atoms in total. The smallest absolute Gasteiger partial charge is 0.211 e. The van der Waals surface area contributed by atoms with E-state index in [1.54, 1.807) is 12.1 Å². The van der Waals surface area contributed by atoms with Gasteiger partial charge >= 0.3 is 21.2 Å². The van der Waals surface area contributed by atoms with Gasteiger partial charge in [0, 0.05) is 12.5 Å². The zero-order valence-electron chi connectivity index (χ0n) is 16.9. The molecule has 0 radical (unpaired) electrons. The number of sulfonamides is 1. The normalized spacial score (nSPS) is 12.0. The summed E-state index contributed by atoms with van der Waals surface area (Å²) in [6.45, 7) is 2.34. The monoisotopic (exact) mass is 530 g/mol. The Bertz CT molecular complexity index is 1090. The van der Waals surface area contributed by atoms with Crippen molar-refractivity contribution in [1.29, 1.82) is 0 Å². The molecular weight excluding hydrogens is 505 g/mol. The topological polar surface area (TPSA) is 46.2 Å². The van der Waals surface area contributed by atoms with Crippen LogP contribution in [0.15, 0.2) is 89.8 Å². The van der Waals surface area contributed by atoms with Crippen molar-refractivity contribution in [3.8, 4) is 9.85 Å². The lowest BCUT2D eigenvalue weighted by Crippen LogP contribution is -3.59. The first-order chi connectivity index (χ1) is 14.5. The van der Waals surface area contributed by atoms with Gasteiger partial charge in [-0.05, 0) is 55.5 Å². The fraction of sp³-hybridized carbons (Fsp3) is 0.200. The summed E-state index contributed by atoms with van der Waals surface area (Å²) in [5, 5.41) is 0. The molecule has 0 bridgehead atoms. The Hall–Kier alpha value is -2.14. The molecule has 0 aliphatic carbocycles. The summed E-state index contributed by atoms with van der Waals surface area (Å²) in [5.41, 5.74) is 2.22.